The van der Waals surface area contributed by atoms with Crippen LogP contribution in [0.3, 0.4) is 0 Å². The number of piperazine rings is 1. The van der Waals surface area contributed by atoms with Gasteiger partial charge in [-0.1, -0.05) is 18.5 Å². The maximum Gasteiger partial charge on any atom is 0.227 e. The van der Waals surface area contributed by atoms with Crippen LogP contribution in [0, 0.1) is 0 Å². The van der Waals surface area contributed by atoms with Crippen molar-refractivity contribution in [3.8, 4) is 11.5 Å². The van der Waals surface area contributed by atoms with Gasteiger partial charge in [0.1, 0.15) is 13.2 Å². The van der Waals surface area contributed by atoms with Gasteiger partial charge in [-0.3, -0.25) is 4.79 Å². The van der Waals surface area contributed by atoms with Gasteiger partial charge in [-0.2, -0.15) is 0 Å². The lowest BCUT2D eigenvalue weighted by Crippen LogP contribution is -2.48. The Hall–Kier alpha value is -1.46. The molecule has 0 bridgehead atoms. The summed E-state index contributed by atoms with van der Waals surface area (Å²) in [5, 5.41) is 0.510. The van der Waals surface area contributed by atoms with Crippen LogP contribution >= 0.6 is 11.6 Å². The van der Waals surface area contributed by atoms with E-state index < -0.39 is 0 Å². The predicted octanol–water partition coefficient (Wildman–Crippen LogP) is 1.82. The molecule has 0 aromatic heterocycles. The minimum Gasteiger partial charge on any atom is -0.486 e. The molecule has 0 aliphatic carbocycles. The normalized spacial score (nSPS) is 18.4. The molecule has 0 saturated carbocycles. The first kappa shape index (κ1) is 15.4. The van der Waals surface area contributed by atoms with Crippen molar-refractivity contribution in [2.45, 2.75) is 13.3 Å². The average Bonchev–Trinajstić information content (AvgIpc) is 2.55. The van der Waals surface area contributed by atoms with Crippen LogP contribution in [-0.2, 0) is 11.2 Å². The molecule has 0 N–H and O–H groups in total. The number of likely N-dealkylation sites (N-methyl/N-ethyl adjacent to an activating group) is 1. The number of benzene rings is 1. The van der Waals surface area contributed by atoms with E-state index in [1.54, 1.807) is 6.07 Å². The number of rotatable bonds is 3. The fourth-order valence-corrected chi connectivity index (χ4v) is 3.15. The Morgan fingerprint density at radius 2 is 1.91 bits per heavy atom. The van der Waals surface area contributed by atoms with E-state index in [4.69, 9.17) is 21.1 Å². The smallest absolute Gasteiger partial charge is 0.227 e. The monoisotopic (exact) mass is 324 g/mol. The number of carbonyl (C=O) groups is 1. The third-order valence-corrected chi connectivity index (χ3v) is 4.46. The van der Waals surface area contributed by atoms with Crippen molar-refractivity contribution in [3.05, 3.63) is 22.7 Å². The van der Waals surface area contributed by atoms with Gasteiger partial charge in [-0.05, 0) is 24.2 Å². The van der Waals surface area contributed by atoms with Gasteiger partial charge < -0.3 is 19.3 Å². The zero-order chi connectivity index (χ0) is 15.5. The lowest BCUT2D eigenvalue weighted by atomic mass is 10.1. The number of hydrogen-bond acceptors (Lipinski definition) is 4. The molecule has 0 unspecified atom stereocenters. The molecule has 2 heterocycles. The zero-order valence-corrected chi connectivity index (χ0v) is 13.6. The average molecular weight is 325 g/mol. The SMILES string of the molecule is CCN1CCN(C(=O)Cc2cc(Cl)c3c(c2)OCCO3)CC1. The van der Waals surface area contributed by atoms with E-state index in [2.05, 4.69) is 11.8 Å². The third kappa shape index (κ3) is 3.31. The minimum atomic E-state index is 0.142. The Kier molecular flexibility index (Phi) is 4.74. The number of halogens is 1. The summed E-state index contributed by atoms with van der Waals surface area (Å²) in [5.74, 6) is 1.36. The first-order valence-corrected chi connectivity index (χ1v) is 8.13. The van der Waals surface area contributed by atoms with Crippen molar-refractivity contribution >= 4 is 17.5 Å². The highest BCUT2D eigenvalue weighted by Crippen LogP contribution is 2.38. The molecule has 1 amide bonds. The molecule has 1 fully saturated rings. The molecule has 3 rings (SSSR count). The van der Waals surface area contributed by atoms with E-state index in [0.717, 1.165) is 38.3 Å². The molecule has 2 aliphatic rings. The second-order valence-corrected chi connectivity index (χ2v) is 6.00. The standard InChI is InChI=1S/C16H21ClN2O3/c1-2-18-3-5-19(6-4-18)15(20)11-12-9-13(17)16-14(10-12)21-7-8-22-16/h9-10H,2-8,11H2,1H3. The summed E-state index contributed by atoms with van der Waals surface area (Å²) in [7, 11) is 0. The molecule has 1 aromatic rings. The molecule has 1 saturated heterocycles. The van der Waals surface area contributed by atoms with Gasteiger partial charge in [-0.15, -0.1) is 0 Å². The van der Waals surface area contributed by atoms with Gasteiger partial charge in [0.15, 0.2) is 11.5 Å². The maximum atomic E-state index is 12.4. The van der Waals surface area contributed by atoms with E-state index in [1.165, 1.54) is 0 Å². The second kappa shape index (κ2) is 6.75. The van der Waals surface area contributed by atoms with Crippen LogP contribution in [0.2, 0.25) is 5.02 Å². The van der Waals surface area contributed by atoms with Gasteiger partial charge in [0, 0.05) is 26.2 Å². The molecule has 22 heavy (non-hydrogen) atoms. The third-order valence-electron chi connectivity index (χ3n) is 4.18. The highest BCUT2D eigenvalue weighted by atomic mass is 35.5. The fraction of sp³-hybridized carbons (Fsp3) is 0.562. The lowest BCUT2D eigenvalue weighted by Gasteiger charge is -2.34. The van der Waals surface area contributed by atoms with Crippen molar-refractivity contribution in [1.82, 2.24) is 9.80 Å². The van der Waals surface area contributed by atoms with E-state index in [1.807, 2.05) is 11.0 Å². The Balaban J connectivity index is 1.66. The van der Waals surface area contributed by atoms with Crippen LogP contribution in [0.1, 0.15) is 12.5 Å². The first-order valence-electron chi connectivity index (χ1n) is 7.75. The van der Waals surface area contributed by atoms with E-state index >= 15 is 0 Å². The van der Waals surface area contributed by atoms with Crippen LogP contribution in [0.4, 0.5) is 0 Å². The molecule has 0 atom stereocenters. The van der Waals surface area contributed by atoms with Gasteiger partial charge in [0.25, 0.3) is 0 Å². The highest BCUT2D eigenvalue weighted by Gasteiger charge is 2.22. The largest absolute Gasteiger partial charge is 0.486 e. The Morgan fingerprint density at radius 1 is 1.18 bits per heavy atom. The van der Waals surface area contributed by atoms with Crippen molar-refractivity contribution in [1.29, 1.82) is 0 Å². The van der Waals surface area contributed by atoms with Crippen LogP contribution < -0.4 is 9.47 Å². The Bertz CT molecular complexity index is 557. The summed E-state index contributed by atoms with van der Waals surface area (Å²) in [4.78, 5) is 16.7. The highest BCUT2D eigenvalue weighted by molar-refractivity contribution is 6.32. The van der Waals surface area contributed by atoms with E-state index in [-0.39, 0.29) is 5.91 Å². The summed E-state index contributed by atoms with van der Waals surface area (Å²) in [6.45, 7) is 7.70. The van der Waals surface area contributed by atoms with Crippen LogP contribution in [0.25, 0.3) is 0 Å². The summed E-state index contributed by atoms with van der Waals surface area (Å²) in [6.07, 6.45) is 0.350. The number of fused-ring (bicyclic) bond motifs is 1. The van der Waals surface area contributed by atoms with Gasteiger partial charge >= 0.3 is 0 Å². The molecular weight excluding hydrogens is 304 g/mol. The van der Waals surface area contributed by atoms with Gasteiger partial charge in [0.2, 0.25) is 5.91 Å². The van der Waals surface area contributed by atoms with Crippen molar-refractivity contribution in [2.75, 3.05) is 45.9 Å². The van der Waals surface area contributed by atoms with E-state index in [0.29, 0.717) is 36.2 Å². The number of hydrogen-bond donors (Lipinski definition) is 0. The molecule has 120 valence electrons. The molecule has 0 spiro atoms. The quantitative estimate of drug-likeness (QED) is 0.850. The number of amides is 1. The molecule has 2 aliphatic heterocycles. The molecule has 1 aromatic carbocycles. The van der Waals surface area contributed by atoms with Crippen molar-refractivity contribution in [3.63, 3.8) is 0 Å². The minimum absolute atomic E-state index is 0.142. The van der Waals surface area contributed by atoms with Crippen molar-refractivity contribution < 1.29 is 14.3 Å². The molecule has 6 heteroatoms. The topological polar surface area (TPSA) is 42.0 Å². The number of ether oxygens (including phenoxy) is 2. The summed E-state index contributed by atoms with van der Waals surface area (Å²) >= 11 is 6.22. The van der Waals surface area contributed by atoms with Gasteiger partial charge in [-0.25, -0.2) is 0 Å². The number of nitrogens with zero attached hydrogens (tertiary/aromatic N) is 2. The zero-order valence-electron chi connectivity index (χ0n) is 12.8. The molecule has 5 nitrogen and oxygen atoms in total. The molecular formula is C16H21ClN2O3. The van der Waals surface area contributed by atoms with Crippen molar-refractivity contribution in [2.24, 2.45) is 0 Å². The van der Waals surface area contributed by atoms with E-state index in [9.17, 15) is 4.79 Å². The Morgan fingerprint density at radius 3 is 2.64 bits per heavy atom. The lowest BCUT2D eigenvalue weighted by molar-refractivity contribution is -0.132. The predicted molar refractivity (Wildman–Crippen MR) is 84.8 cm³/mol. The first-order chi connectivity index (χ1) is 10.7. The van der Waals surface area contributed by atoms with Crippen LogP contribution in [-0.4, -0.2) is 61.6 Å². The summed E-state index contributed by atoms with van der Waals surface area (Å²) < 4.78 is 11.1. The summed E-state index contributed by atoms with van der Waals surface area (Å²) in [6, 6.07) is 3.66. The number of carbonyl (C=O) groups excluding carboxylic acids is 1. The second-order valence-electron chi connectivity index (χ2n) is 5.59. The Labute approximate surface area is 135 Å². The van der Waals surface area contributed by atoms with Crippen LogP contribution in [0.15, 0.2) is 12.1 Å². The fourth-order valence-electron chi connectivity index (χ4n) is 2.87. The van der Waals surface area contributed by atoms with Gasteiger partial charge in [0.05, 0.1) is 11.4 Å². The summed E-state index contributed by atoms with van der Waals surface area (Å²) in [5.41, 5.74) is 0.872. The van der Waals surface area contributed by atoms with Crippen LogP contribution in [0.5, 0.6) is 11.5 Å². The maximum absolute atomic E-state index is 12.4. The molecule has 0 radical (unpaired) electrons.